The molecule has 0 radical (unpaired) electrons. The van der Waals surface area contributed by atoms with Crippen molar-refractivity contribution in [3.8, 4) is 22.7 Å². The fourth-order valence-corrected chi connectivity index (χ4v) is 5.98. The third kappa shape index (κ3) is 6.94. The number of aryl methyl sites for hydroxylation is 2. The summed E-state index contributed by atoms with van der Waals surface area (Å²) in [5.74, 6) is 1.24. The van der Waals surface area contributed by atoms with Crippen molar-refractivity contribution < 1.29 is 9.53 Å². The highest BCUT2D eigenvalue weighted by Crippen LogP contribution is 2.33. The van der Waals surface area contributed by atoms with Crippen LogP contribution in [0.15, 0.2) is 125 Å². The van der Waals surface area contributed by atoms with Crippen molar-refractivity contribution >= 4 is 35.1 Å². The lowest BCUT2D eigenvalue weighted by atomic mass is 10.00. The zero-order valence-electron chi connectivity index (χ0n) is 25.8. The highest BCUT2D eigenvalue weighted by atomic mass is 32.2. The lowest BCUT2D eigenvalue weighted by Crippen LogP contribution is -2.21. The fourth-order valence-electron chi connectivity index (χ4n) is 5.14. The molecule has 1 aliphatic rings. The molecule has 0 N–H and O–H groups in total. The number of hydrogen-bond donors (Lipinski definition) is 0. The first-order valence-electron chi connectivity index (χ1n) is 15.3. The maximum absolute atomic E-state index is 14.0. The Morgan fingerprint density at radius 1 is 0.867 bits per heavy atom. The Bertz CT molecular complexity index is 1840. The largest absolute Gasteiger partial charge is 0.494 e. The Balaban J connectivity index is 1.41. The van der Waals surface area contributed by atoms with Gasteiger partial charge in [-0.1, -0.05) is 67.4 Å². The lowest BCUT2D eigenvalue weighted by molar-refractivity contribution is -0.114. The van der Waals surface area contributed by atoms with Crippen molar-refractivity contribution in [3.05, 3.63) is 132 Å². The molecule has 0 spiro atoms. The van der Waals surface area contributed by atoms with Crippen LogP contribution >= 0.6 is 11.8 Å². The Morgan fingerprint density at radius 3 is 2.27 bits per heavy atom. The summed E-state index contributed by atoms with van der Waals surface area (Å²) in [6, 6.07) is 34.1. The van der Waals surface area contributed by atoms with Gasteiger partial charge in [0.1, 0.15) is 11.4 Å². The van der Waals surface area contributed by atoms with E-state index in [1.165, 1.54) is 10.6 Å². The van der Waals surface area contributed by atoms with Crippen LogP contribution in [-0.2, 0) is 4.79 Å². The number of carbonyl (C=O) groups excluding carboxylic acids is 1. The second-order valence-electron chi connectivity index (χ2n) is 11.1. The topological polar surface area (TPSA) is 59.7 Å². The molecule has 0 bridgehead atoms. The van der Waals surface area contributed by atoms with Crippen LogP contribution in [0, 0.1) is 13.8 Å². The SMILES string of the molecule is CCCCOc1ccc(-c2nn(-c3ccccc3)cc2C=C2C(=O)N(c3ccccc3)N=C2CSc2ccc(C)cc2)c(C)c1. The number of benzene rings is 4. The summed E-state index contributed by atoms with van der Waals surface area (Å²) < 4.78 is 7.85. The van der Waals surface area contributed by atoms with Gasteiger partial charge in [0.25, 0.3) is 5.91 Å². The minimum Gasteiger partial charge on any atom is -0.494 e. The standard InChI is InChI=1S/C38H36N4O2S/c1-4-5-22-44-32-18-21-34(28(3)23-32)37-29(25-41(40-37)30-12-8-6-9-13-30)24-35-36(26-45-33-19-16-27(2)17-20-33)39-42(38(35)43)31-14-10-7-11-15-31/h6-21,23-25H,4-5,22,26H2,1-3H3. The average Bonchev–Trinajstić information content (AvgIpc) is 3.62. The highest BCUT2D eigenvalue weighted by molar-refractivity contribution is 8.00. The van der Waals surface area contributed by atoms with Crippen LogP contribution in [0.25, 0.3) is 23.0 Å². The van der Waals surface area contributed by atoms with Gasteiger partial charge in [-0.15, -0.1) is 11.8 Å². The summed E-state index contributed by atoms with van der Waals surface area (Å²) in [5, 5.41) is 11.4. The van der Waals surface area contributed by atoms with Gasteiger partial charge in [0.2, 0.25) is 0 Å². The summed E-state index contributed by atoms with van der Waals surface area (Å²) in [6.07, 6.45) is 6.04. The molecule has 0 saturated carbocycles. The number of aromatic nitrogens is 2. The predicted molar refractivity (Wildman–Crippen MR) is 185 cm³/mol. The summed E-state index contributed by atoms with van der Waals surface area (Å²) in [6.45, 7) is 7.00. The maximum Gasteiger partial charge on any atom is 0.280 e. The van der Waals surface area contributed by atoms with E-state index in [1.54, 1.807) is 11.8 Å². The molecule has 6 rings (SSSR count). The van der Waals surface area contributed by atoms with E-state index in [-0.39, 0.29) is 5.91 Å². The third-order valence-electron chi connectivity index (χ3n) is 7.63. The molecule has 1 amide bonds. The zero-order chi connectivity index (χ0) is 31.2. The van der Waals surface area contributed by atoms with Crippen LogP contribution in [0.3, 0.4) is 0 Å². The molecule has 4 aromatic carbocycles. The zero-order valence-corrected chi connectivity index (χ0v) is 26.6. The predicted octanol–water partition coefficient (Wildman–Crippen LogP) is 8.91. The van der Waals surface area contributed by atoms with Gasteiger partial charge in [-0.2, -0.15) is 15.2 Å². The smallest absolute Gasteiger partial charge is 0.280 e. The molecule has 0 fully saturated rings. The van der Waals surface area contributed by atoms with Crippen LogP contribution < -0.4 is 9.75 Å². The number of hydrogen-bond acceptors (Lipinski definition) is 5. The second-order valence-corrected chi connectivity index (χ2v) is 12.1. The van der Waals surface area contributed by atoms with E-state index < -0.39 is 0 Å². The second kappa shape index (κ2) is 13.8. The molecule has 6 nitrogen and oxygen atoms in total. The van der Waals surface area contributed by atoms with Gasteiger partial charge in [-0.3, -0.25) is 4.79 Å². The van der Waals surface area contributed by atoms with E-state index in [4.69, 9.17) is 14.9 Å². The Labute approximate surface area is 269 Å². The van der Waals surface area contributed by atoms with Crippen molar-refractivity contribution in [2.24, 2.45) is 5.10 Å². The molecular weight excluding hydrogens is 577 g/mol. The number of para-hydroxylation sites is 2. The molecule has 0 unspecified atom stereocenters. The first-order chi connectivity index (χ1) is 22.0. The molecule has 0 atom stereocenters. The lowest BCUT2D eigenvalue weighted by Gasteiger charge is -2.11. The van der Waals surface area contributed by atoms with Gasteiger partial charge in [-0.05, 0) is 86.5 Å². The van der Waals surface area contributed by atoms with E-state index in [0.29, 0.717) is 17.9 Å². The van der Waals surface area contributed by atoms with E-state index >= 15 is 0 Å². The summed E-state index contributed by atoms with van der Waals surface area (Å²) in [5.41, 5.74) is 7.84. The Hall–Kier alpha value is -4.88. The van der Waals surface area contributed by atoms with Crippen molar-refractivity contribution in [1.29, 1.82) is 0 Å². The summed E-state index contributed by atoms with van der Waals surface area (Å²) in [4.78, 5) is 15.2. The van der Waals surface area contributed by atoms with Crippen molar-refractivity contribution in [1.82, 2.24) is 9.78 Å². The first-order valence-corrected chi connectivity index (χ1v) is 16.3. The van der Waals surface area contributed by atoms with E-state index in [2.05, 4.69) is 57.2 Å². The molecule has 226 valence electrons. The molecule has 5 aromatic rings. The number of carbonyl (C=O) groups is 1. The molecule has 1 aliphatic heterocycles. The van der Waals surface area contributed by atoms with Gasteiger partial charge >= 0.3 is 0 Å². The first kappa shape index (κ1) is 30.2. The van der Waals surface area contributed by atoms with Crippen molar-refractivity contribution in [2.45, 2.75) is 38.5 Å². The minimum absolute atomic E-state index is 0.157. The van der Waals surface area contributed by atoms with E-state index in [1.807, 2.05) is 83.7 Å². The molecule has 7 heteroatoms. The molecule has 1 aromatic heterocycles. The summed E-state index contributed by atoms with van der Waals surface area (Å²) in [7, 11) is 0. The average molecular weight is 613 g/mol. The molecule has 0 aliphatic carbocycles. The van der Waals surface area contributed by atoms with Crippen LogP contribution in [0.5, 0.6) is 5.75 Å². The maximum atomic E-state index is 14.0. The molecular formula is C38H36N4O2S. The van der Waals surface area contributed by atoms with Gasteiger partial charge in [0.05, 0.1) is 29.3 Å². The molecule has 45 heavy (non-hydrogen) atoms. The van der Waals surface area contributed by atoms with Crippen LogP contribution in [0.1, 0.15) is 36.5 Å². The Morgan fingerprint density at radius 2 is 1.58 bits per heavy atom. The molecule has 2 heterocycles. The minimum atomic E-state index is -0.157. The number of unbranched alkanes of at least 4 members (excludes halogenated alkanes) is 1. The van der Waals surface area contributed by atoms with Gasteiger partial charge in [0.15, 0.2) is 0 Å². The number of hydrazone groups is 1. The summed E-state index contributed by atoms with van der Waals surface area (Å²) >= 11 is 1.67. The number of thioether (sulfide) groups is 1. The van der Waals surface area contributed by atoms with Crippen molar-refractivity contribution in [3.63, 3.8) is 0 Å². The van der Waals surface area contributed by atoms with Crippen molar-refractivity contribution in [2.75, 3.05) is 17.4 Å². The van der Waals surface area contributed by atoms with Crippen LogP contribution in [0.2, 0.25) is 0 Å². The quantitative estimate of drug-likeness (QED) is 0.0849. The normalized spacial score (nSPS) is 13.8. The number of ether oxygens (including phenoxy) is 1. The van der Waals surface area contributed by atoms with E-state index in [9.17, 15) is 4.79 Å². The van der Waals surface area contributed by atoms with Gasteiger partial charge in [-0.25, -0.2) is 4.68 Å². The van der Waals surface area contributed by atoms with Crippen LogP contribution in [0.4, 0.5) is 5.69 Å². The van der Waals surface area contributed by atoms with Gasteiger partial charge in [0, 0.05) is 28.0 Å². The number of rotatable bonds is 11. The van der Waals surface area contributed by atoms with E-state index in [0.717, 1.165) is 63.0 Å². The Kier molecular flexibility index (Phi) is 9.27. The molecule has 0 saturated heterocycles. The van der Waals surface area contributed by atoms with Gasteiger partial charge < -0.3 is 4.74 Å². The number of anilines is 1. The number of nitrogens with zero attached hydrogens (tertiary/aromatic N) is 4. The van der Waals surface area contributed by atoms with Crippen LogP contribution in [-0.4, -0.2) is 33.8 Å². The fraction of sp³-hybridized carbons (Fsp3) is 0.184. The highest BCUT2D eigenvalue weighted by Gasteiger charge is 2.32. The third-order valence-corrected chi connectivity index (χ3v) is 8.66. The number of amides is 1. The monoisotopic (exact) mass is 612 g/mol.